The maximum absolute atomic E-state index is 13.6. The third kappa shape index (κ3) is 3.38. The molecule has 4 heteroatoms. The third-order valence-electron chi connectivity index (χ3n) is 3.12. The Morgan fingerprint density at radius 3 is 2.65 bits per heavy atom. The van der Waals surface area contributed by atoms with E-state index in [2.05, 4.69) is 15.9 Å². The van der Waals surface area contributed by atoms with Crippen molar-refractivity contribution in [1.82, 2.24) is 0 Å². The molecule has 2 aromatic carbocycles. The van der Waals surface area contributed by atoms with Gasteiger partial charge in [-0.05, 0) is 37.6 Å². The van der Waals surface area contributed by atoms with Crippen molar-refractivity contribution in [3.8, 4) is 5.75 Å². The van der Waals surface area contributed by atoms with Gasteiger partial charge in [-0.1, -0.05) is 34.1 Å². The van der Waals surface area contributed by atoms with E-state index in [4.69, 9.17) is 10.5 Å². The molecule has 0 aromatic heterocycles. The summed E-state index contributed by atoms with van der Waals surface area (Å²) in [6.07, 6.45) is 0. The van der Waals surface area contributed by atoms with E-state index in [9.17, 15) is 4.39 Å². The van der Waals surface area contributed by atoms with Crippen molar-refractivity contribution in [2.75, 3.05) is 0 Å². The summed E-state index contributed by atoms with van der Waals surface area (Å²) in [6, 6.07) is 10.7. The van der Waals surface area contributed by atoms with Gasteiger partial charge in [0.25, 0.3) is 0 Å². The average Bonchev–Trinajstić information content (AvgIpc) is 2.41. The van der Waals surface area contributed by atoms with Crippen molar-refractivity contribution >= 4 is 15.9 Å². The van der Waals surface area contributed by atoms with Gasteiger partial charge in [0.05, 0.1) is 0 Å². The summed E-state index contributed by atoms with van der Waals surface area (Å²) in [4.78, 5) is 0. The Bertz CT molecular complexity index is 613. The van der Waals surface area contributed by atoms with E-state index in [1.165, 1.54) is 6.07 Å². The van der Waals surface area contributed by atoms with Crippen LogP contribution in [0.15, 0.2) is 40.9 Å². The lowest BCUT2D eigenvalue weighted by Gasteiger charge is -2.16. The Labute approximate surface area is 126 Å². The van der Waals surface area contributed by atoms with Crippen LogP contribution in [0.25, 0.3) is 0 Å². The molecule has 0 saturated heterocycles. The summed E-state index contributed by atoms with van der Waals surface area (Å²) < 4.78 is 20.4. The number of aryl methyl sites for hydroxylation is 1. The van der Waals surface area contributed by atoms with Gasteiger partial charge in [0.15, 0.2) is 0 Å². The summed E-state index contributed by atoms with van der Waals surface area (Å²) in [5.41, 5.74) is 8.14. The van der Waals surface area contributed by atoms with Crippen LogP contribution in [-0.2, 0) is 6.61 Å². The molecule has 0 aliphatic heterocycles. The van der Waals surface area contributed by atoms with E-state index in [0.717, 1.165) is 10.0 Å². The van der Waals surface area contributed by atoms with Crippen molar-refractivity contribution in [3.63, 3.8) is 0 Å². The number of ether oxygens (including phenoxy) is 1. The highest BCUT2D eigenvalue weighted by Gasteiger charge is 2.12. The van der Waals surface area contributed by atoms with Crippen molar-refractivity contribution < 1.29 is 9.13 Å². The standard InChI is InChI=1S/C16H17BrFNO/c1-10-7-16(13(11(2)19)8-15(10)18)20-9-12-5-3-4-6-14(12)17/h3-8,11H,9,19H2,1-2H3/t11-/m0/s1. The molecule has 1 atom stereocenters. The van der Waals surface area contributed by atoms with Crippen LogP contribution in [0.2, 0.25) is 0 Å². The fourth-order valence-corrected chi connectivity index (χ4v) is 2.32. The van der Waals surface area contributed by atoms with Gasteiger partial charge in [-0.15, -0.1) is 0 Å². The monoisotopic (exact) mass is 337 g/mol. The molecule has 0 amide bonds. The van der Waals surface area contributed by atoms with Crippen LogP contribution in [0.3, 0.4) is 0 Å². The minimum absolute atomic E-state index is 0.259. The molecule has 2 aromatic rings. The van der Waals surface area contributed by atoms with Gasteiger partial charge >= 0.3 is 0 Å². The highest BCUT2D eigenvalue weighted by molar-refractivity contribution is 9.10. The van der Waals surface area contributed by atoms with Gasteiger partial charge in [-0.25, -0.2) is 4.39 Å². The molecule has 0 unspecified atom stereocenters. The molecule has 2 rings (SSSR count). The van der Waals surface area contributed by atoms with E-state index >= 15 is 0 Å². The SMILES string of the molecule is Cc1cc(OCc2ccccc2Br)c([C@H](C)N)cc1F. The molecule has 2 N–H and O–H groups in total. The zero-order chi connectivity index (χ0) is 14.7. The molecule has 20 heavy (non-hydrogen) atoms. The predicted octanol–water partition coefficient (Wildman–Crippen LogP) is 4.50. The Morgan fingerprint density at radius 1 is 1.30 bits per heavy atom. The zero-order valence-corrected chi connectivity index (χ0v) is 13.1. The second kappa shape index (κ2) is 6.37. The van der Waals surface area contributed by atoms with Crippen molar-refractivity contribution in [3.05, 3.63) is 63.4 Å². The zero-order valence-electron chi connectivity index (χ0n) is 11.5. The molecule has 0 radical (unpaired) electrons. The van der Waals surface area contributed by atoms with E-state index < -0.39 is 0 Å². The topological polar surface area (TPSA) is 35.2 Å². The molecule has 0 saturated carbocycles. The predicted molar refractivity (Wildman–Crippen MR) is 82.2 cm³/mol. The lowest BCUT2D eigenvalue weighted by molar-refractivity contribution is 0.300. The highest BCUT2D eigenvalue weighted by atomic mass is 79.9. The van der Waals surface area contributed by atoms with Crippen molar-refractivity contribution in [2.24, 2.45) is 5.73 Å². The van der Waals surface area contributed by atoms with E-state index in [1.54, 1.807) is 13.0 Å². The number of hydrogen-bond acceptors (Lipinski definition) is 2. The number of hydrogen-bond donors (Lipinski definition) is 1. The molecule has 106 valence electrons. The Hall–Kier alpha value is -1.39. The minimum atomic E-state index is -0.278. The second-order valence-corrected chi connectivity index (χ2v) is 5.66. The molecule has 0 spiro atoms. The maximum Gasteiger partial charge on any atom is 0.126 e. The highest BCUT2D eigenvalue weighted by Crippen LogP contribution is 2.28. The second-order valence-electron chi connectivity index (χ2n) is 4.81. The summed E-state index contributed by atoms with van der Waals surface area (Å²) in [5.74, 6) is 0.375. The van der Waals surface area contributed by atoms with Crippen molar-refractivity contribution in [1.29, 1.82) is 0 Å². The first-order valence-electron chi connectivity index (χ1n) is 6.41. The van der Waals surface area contributed by atoms with Gasteiger partial charge in [0.2, 0.25) is 0 Å². The molecular formula is C16H17BrFNO. The van der Waals surface area contributed by atoms with Gasteiger partial charge in [-0.3, -0.25) is 0 Å². The molecule has 0 aliphatic carbocycles. The first-order chi connectivity index (χ1) is 9.49. The van der Waals surface area contributed by atoms with Crippen LogP contribution in [0.1, 0.15) is 29.7 Å². The smallest absolute Gasteiger partial charge is 0.126 e. The average molecular weight is 338 g/mol. The lowest BCUT2D eigenvalue weighted by Crippen LogP contribution is -2.09. The maximum atomic E-state index is 13.6. The van der Waals surface area contributed by atoms with Crippen LogP contribution in [-0.4, -0.2) is 0 Å². The Kier molecular flexibility index (Phi) is 4.78. The van der Waals surface area contributed by atoms with Gasteiger partial charge in [-0.2, -0.15) is 0 Å². The van der Waals surface area contributed by atoms with E-state index in [1.807, 2.05) is 31.2 Å². The Morgan fingerprint density at radius 2 is 2.00 bits per heavy atom. The quantitative estimate of drug-likeness (QED) is 0.891. The van der Waals surface area contributed by atoms with E-state index in [0.29, 0.717) is 23.5 Å². The fourth-order valence-electron chi connectivity index (χ4n) is 1.92. The fraction of sp³-hybridized carbons (Fsp3) is 0.250. The molecular weight excluding hydrogens is 321 g/mol. The van der Waals surface area contributed by atoms with E-state index in [-0.39, 0.29) is 11.9 Å². The normalized spacial score (nSPS) is 12.2. The van der Waals surface area contributed by atoms with Crippen LogP contribution in [0.5, 0.6) is 5.75 Å². The largest absolute Gasteiger partial charge is 0.489 e. The van der Waals surface area contributed by atoms with Gasteiger partial charge < -0.3 is 10.5 Å². The van der Waals surface area contributed by atoms with Gasteiger partial charge in [0, 0.05) is 21.6 Å². The molecule has 0 heterocycles. The van der Waals surface area contributed by atoms with Crippen molar-refractivity contribution in [2.45, 2.75) is 26.5 Å². The summed E-state index contributed by atoms with van der Waals surface area (Å²) in [7, 11) is 0. The molecule has 0 fully saturated rings. The molecule has 0 aliphatic rings. The van der Waals surface area contributed by atoms with Gasteiger partial charge in [0.1, 0.15) is 18.2 Å². The first-order valence-corrected chi connectivity index (χ1v) is 7.20. The number of nitrogens with two attached hydrogens (primary N) is 1. The number of benzene rings is 2. The first kappa shape index (κ1) is 15.0. The summed E-state index contributed by atoms with van der Waals surface area (Å²) >= 11 is 3.48. The number of rotatable bonds is 4. The Balaban J connectivity index is 2.25. The lowest BCUT2D eigenvalue weighted by atomic mass is 10.1. The van der Waals surface area contributed by atoms with Crippen LogP contribution < -0.4 is 10.5 Å². The number of halogens is 2. The minimum Gasteiger partial charge on any atom is -0.489 e. The van der Waals surface area contributed by atoms with Crippen LogP contribution in [0.4, 0.5) is 4.39 Å². The third-order valence-corrected chi connectivity index (χ3v) is 3.90. The van der Waals surface area contributed by atoms with Crippen LogP contribution in [0, 0.1) is 12.7 Å². The molecule has 0 bridgehead atoms. The van der Waals surface area contributed by atoms with Crippen LogP contribution >= 0.6 is 15.9 Å². The summed E-state index contributed by atoms with van der Waals surface area (Å²) in [5, 5.41) is 0. The molecule has 2 nitrogen and oxygen atoms in total. The summed E-state index contributed by atoms with van der Waals surface area (Å²) in [6.45, 7) is 3.94.